The molecule has 0 bridgehead atoms. The Morgan fingerprint density at radius 2 is 1.79 bits per heavy atom. The monoisotopic (exact) mass is 544 g/mol. The van der Waals surface area contributed by atoms with E-state index >= 15 is 0 Å². The van der Waals surface area contributed by atoms with Gasteiger partial charge in [0.05, 0.1) is 16.9 Å². The fourth-order valence-electron chi connectivity index (χ4n) is 4.81. The van der Waals surface area contributed by atoms with E-state index < -0.39 is 33.4 Å². The Morgan fingerprint density at radius 3 is 2.39 bits per heavy atom. The number of hydrogen-bond acceptors (Lipinski definition) is 6. The highest BCUT2D eigenvalue weighted by Crippen LogP contribution is 2.25. The number of amides is 2. The Hall–Kier alpha value is -3.47. The smallest absolute Gasteiger partial charge is 0.271 e. The van der Waals surface area contributed by atoms with Crippen molar-refractivity contribution in [3.63, 3.8) is 0 Å². The van der Waals surface area contributed by atoms with Gasteiger partial charge in [-0.05, 0) is 43.4 Å². The number of non-ortho nitro benzene ring substituents is 1. The minimum atomic E-state index is -3.98. The Balaban J connectivity index is 1.95. The molecule has 2 aromatic carbocycles. The number of benzene rings is 2. The minimum absolute atomic E-state index is 0.00518. The van der Waals surface area contributed by atoms with Gasteiger partial charge in [-0.15, -0.1) is 0 Å². The van der Waals surface area contributed by atoms with Gasteiger partial charge in [0.2, 0.25) is 21.8 Å². The zero-order chi connectivity index (χ0) is 27.9. The fraction of sp³-hybridized carbons (Fsp3) is 0.481. The van der Waals surface area contributed by atoms with Crippen LogP contribution in [0.2, 0.25) is 0 Å². The molecule has 0 unspecified atom stereocenters. The lowest BCUT2D eigenvalue weighted by molar-refractivity contribution is -0.384. The summed E-state index contributed by atoms with van der Waals surface area (Å²) in [5, 5.41) is 14.4. The van der Waals surface area contributed by atoms with Crippen molar-refractivity contribution in [1.82, 2.24) is 10.2 Å². The van der Waals surface area contributed by atoms with Gasteiger partial charge in [-0.3, -0.25) is 24.0 Å². The van der Waals surface area contributed by atoms with Crippen molar-refractivity contribution in [1.29, 1.82) is 0 Å². The average molecular weight is 545 g/mol. The lowest BCUT2D eigenvalue weighted by Gasteiger charge is -2.34. The van der Waals surface area contributed by atoms with E-state index in [9.17, 15) is 28.1 Å². The maximum atomic E-state index is 13.8. The van der Waals surface area contributed by atoms with Crippen LogP contribution < -0.4 is 9.62 Å². The van der Waals surface area contributed by atoms with E-state index in [0.29, 0.717) is 6.42 Å². The van der Waals surface area contributed by atoms with E-state index in [2.05, 4.69) is 5.32 Å². The second kappa shape index (κ2) is 12.9. The van der Waals surface area contributed by atoms with Crippen LogP contribution in [-0.4, -0.2) is 54.9 Å². The molecule has 2 amide bonds. The van der Waals surface area contributed by atoms with Gasteiger partial charge in [0.15, 0.2) is 0 Å². The summed E-state index contributed by atoms with van der Waals surface area (Å²) in [6, 6.07) is 11.9. The van der Waals surface area contributed by atoms with Crippen molar-refractivity contribution in [3.8, 4) is 0 Å². The van der Waals surface area contributed by atoms with Gasteiger partial charge in [0.1, 0.15) is 12.6 Å². The molecule has 1 fully saturated rings. The van der Waals surface area contributed by atoms with Crippen molar-refractivity contribution >= 4 is 33.2 Å². The first-order valence-electron chi connectivity index (χ1n) is 12.9. The van der Waals surface area contributed by atoms with Crippen LogP contribution >= 0.6 is 0 Å². The molecule has 206 valence electrons. The molecule has 1 N–H and O–H groups in total. The second-order valence-corrected chi connectivity index (χ2v) is 11.7. The molecule has 1 aliphatic carbocycles. The number of nitro groups is 1. The van der Waals surface area contributed by atoms with Crippen LogP contribution in [0.15, 0.2) is 48.5 Å². The summed E-state index contributed by atoms with van der Waals surface area (Å²) >= 11 is 0. The van der Waals surface area contributed by atoms with Gasteiger partial charge < -0.3 is 10.2 Å². The molecule has 2 aromatic rings. The van der Waals surface area contributed by atoms with Crippen LogP contribution in [0.5, 0.6) is 0 Å². The van der Waals surface area contributed by atoms with Crippen molar-refractivity contribution in [3.05, 3.63) is 69.8 Å². The van der Waals surface area contributed by atoms with Crippen LogP contribution in [0.3, 0.4) is 0 Å². The molecule has 1 atom stereocenters. The van der Waals surface area contributed by atoms with Gasteiger partial charge in [0.25, 0.3) is 5.69 Å². The number of nitrogens with zero attached hydrogens (tertiary/aromatic N) is 3. The molecular formula is C27H36N4O6S. The van der Waals surface area contributed by atoms with Crippen LogP contribution in [-0.2, 0) is 26.2 Å². The summed E-state index contributed by atoms with van der Waals surface area (Å²) in [5.41, 5.74) is 1.49. The quantitative estimate of drug-likeness (QED) is 0.337. The third kappa shape index (κ3) is 7.53. The van der Waals surface area contributed by atoms with E-state index in [1.54, 1.807) is 0 Å². The standard InChI is InChI=1S/C27H36N4O6S/c1-4-25(27(33)28-22-13-6-5-7-14-22)29(18-21-12-9-8-11-20(21)2)26(32)19-30(38(3,36)37)23-15-10-16-24(17-23)31(34)35/h8-12,15-17,22,25H,4-7,13-14,18-19H2,1-3H3,(H,28,33)/t25-/m1/s1. The maximum Gasteiger partial charge on any atom is 0.271 e. The summed E-state index contributed by atoms with van der Waals surface area (Å²) in [6.45, 7) is 3.25. The van der Waals surface area contributed by atoms with E-state index in [1.165, 1.54) is 23.1 Å². The van der Waals surface area contributed by atoms with Crippen molar-refractivity contribution in [2.75, 3.05) is 17.1 Å². The SMILES string of the molecule is CC[C@H](C(=O)NC1CCCCC1)N(Cc1ccccc1C)C(=O)CN(c1cccc([N+](=O)[O-])c1)S(C)(=O)=O. The van der Waals surface area contributed by atoms with Gasteiger partial charge >= 0.3 is 0 Å². The zero-order valence-corrected chi connectivity index (χ0v) is 22.9. The minimum Gasteiger partial charge on any atom is -0.352 e. The molecule has 11 heteroatoms. The number of carbonyl (C=O) groups is 2. The largest absolute Gasteiger partial charge is 0.352 e. The number of rotatable bonds is 11. The average Bonchev–Trinajstić information content (AvgIpc) is 2.88. The highest BCUT2D eigenvalue weighted by atomic mass is 32.2. The van der Waals surface area contributed by atoms with Crippen LogP contribution in [0.25, 0.3) is 0 Å². The molecule has 38 heavy (non-hydrogen) atoms. The van der Waals surface area contributed by atoms with Gasteiger partial charge in [-0.1, -0.05) is 56.5 Å². The number of aryl methyl sites for hydroxylation is 1. The molecule has 0 saturated heterocycles. The number of nitrogens with one attached hydrogen (secondary N) is 1. The molecule has 0 radical (unpaired) electrons. The molecule has 0 aromatic heterocycles. The van der Waals surface area contributed by atoms with E-state index in [-0.39, 0.29) is 29.9 Å². The first-order valence-corrected chi connectivity index (χ1v) is 14.7. The highest BCUT2D eigenvalue weighted by Gasteiger charge is 2.33. The molecule has 3 rings (SSSR count). The van der Waals surface area contributed by atoms with Crippen molar-refractivity contribution in [2.45, 2.75) is 71.0 Å². The summed E-state index contributed by atoms with van der Waals surface area (Å²) in [7, 11) is -3.98. The first-order chi connectivity index (χ1) is 18.0. The summed E-state index contributed by atoms with van der Waals surface area (Å²) in [4.78, 5) is 39.3. The molecule has 0 spiro atoms. The molecular weight excluding hydrogens is 508 g/mol. The van der Waals surface area contributed by atoms with Crippen molar-refractivity contribution in [2.24, 2.45) is 0 Å². The van der Waals surface area contributed by atoms with Gasteiger partial charge in [-0.2, -0.15) is 0 Å². The van der Waals surface area contributed by atoms with Crippen LogP contribution in [0, 0.1) is 17.0 Å². The molecule has 0 heterocycles. The van der Waals surface area contributed by atoms with Crippen LogP contribution in [0.1, 0.15) is 56.6 Å². The predicted octanol–water partition coefficient (Wildman–Crippen LogP) is 3.93. The Labute approximate surface area is 224 Å². The van der Waals surface area contributed by atoms with E-state index in [0.717, 1.165) is 59.9 Å². The molecule has 10 nitrogen and oxygen atoms in total. The Kier molecular flexibility index (Phi) is 9.84. The van der Waals surface area contributed by atoms with E-state index in [1.807, 2.05) is 38.1 Å². The highest BCUT2D eigenvalue weighted by molar-refractivity contribution is 7.92. The topological polar surface area (TPSA) is 130 Å². The van der Waals surface area contributed by atoms with Crippen molar-refractivity contribution < 1.29 is 22.9 Å². The normalized spacial score (nSPS) is 14.9. The predicted molar refractivity (Wildman–Crippen MR) is 146 cm³/mol. The number of hydrogen-bond donors (Lipinski definition) is 1. The number of sulfonamides is 1. The van der Waals surface area contributed by atoms with Crippen LogP contribution in [0.4, 0.5) is 11.4 Å². The van der Waals surface area contributed by atoms with Gasteiger partial charge in [-0.25, -0.2) is 8.42 Å². The number of carbonyl (C=O) groups excluding carboxylic acids is 2. The molecule has 0 aliphatic heterocycles. The summed E-state index contributed by atoms with van der Waals surface area (Å²) in [5.74, 6) is -0.835. The maximum absolute atomic E-state index is 13.8. The molecule has 1 aliphatic rings. The summed E-state index contributed by atoms with van der Waals surface area (Å²) < 4.78 is 26.3. The summed E-state index contributed by atoms with van der Waals surface area (Å²) in [6.07, 6.45) is 6.29. The van der Waals surface area contributed by atoms with E-state index in [4.69, 9.17) is 0 Å². The third-order valence-electron chi connectivity index (χ3n) is 6.95. The molecule has 1 saturated carbocycles. The Bertz CT molecular complexity index is 1260. The Morgan fingerprint density at radius 1 is 1.11 bits per heavy atom. The number of nitro benzene ring substituents is 1. The zero-order valence-electron chi connectivity index (χ0n) is 22.1. The fourth-order valence-corrected chi connectivity index (χ4v) is 5.65. The lowest BCUT2D eigenvalue weighted by atomic mass is 9.95. The number of anilines is 1. The first kappa shape index (κ1) is 29.1. The third-order valence-corrected chi connectivity index (χ3v) is 8.09. The lowest BCUT2D eigenvalue weighted by Crippen LogP contribution is -2.54. The second-order valence-electron chi connectivity index (χ2n) is 9.76. The van der Waals surface area contributed by atoms with Gasteiger partial charge in [0, 0.05) is 24.7 Å².